The summed E-state index contributed by atoms with van der Waals surface area (Å²) in [6.07, 6.45) is 1.86. The molecule has 0 saturated carbocycles. The average Bonchev–Trinajstić information content (AvgIpc) is 3.49. The number of rotatable bonds is 6. The first kappa shape index (κ1) is 33.1. The number of carbonyl (C=O) groups excluding carboxylic acids is 4. The molecule has 3 aromatic carbocycles. The maximum atomic E-state index is 15.5. The van der Waals surface area contributed by atoms with E-state index in [1.165, 1.54) is 33.4 Å². The highest BCUT2D eigenvalue weighted by molar-refractivity contribution is 7.92. The van der Waals surface area contributed by atoms with E-state index in [0.717, 1.165) is 18.5 Å². The minimum Gasteiger partial charge on any atom is -0.506 e. The lowest BCUT2D eigenvalue weighted by atomic mass is 9.84. The van der Waals surface area contributed by atoms with Gasteiger partial charge in [0.1, 0.15) is 24.0 Å². The molecule has 1 aromatic heterocycles. The van der Waals surface area contributed by atoms with Gasteiger partial charge < -0.3 is 15.3 Å². The van der Waals surface area contributed by atoms with Crippen molar-refractivity contribution in [3.05, 3.63) is 58.8 Å². The maximum absolute atomic E-state index is 15.5. The number of benzene rings is 3. The van der Waals surface area contributed by atoms with E-state index in [-0.39, 0.29) is 53.0 Å². The van der Waals surface area contributed by atoms with E-state index in [1.54, 1.807) is 11.8 Å². The molecule has 0 aliphatic carbocycles. The standard InChI is InChI=1S/C33H34FN7O8S/c1-17(31(45)35-20-3-5-22-19(13-20)14-26(42)30(29(22)34)40-16-28(44)37-50(40,48)49)18-9-11-39(12-10-18)21-4-6-23-25(15-21)38(2)33(47)41(23)24-7-8-27(43)36-32(24)46/h3-6,13-15,17-18,24,42H,7-12,16H2,1-2H3,(H,35,45)(H,37,44)(H,36,43,46). The number of hydrogen-bond donors (Lipinski definition) is 4. The summed E-state index contributed by atoms with van der Waals surface area (Å²) in [5.74, 6) is -3.92. The molecule has 15 nitrogen and oxygen atoms in total. The largest absolute Gasteiger partial charge is 0.506 e. The zero-order valence-electron chi connectivity index (χ0n) is 27.1. The lowest BCUT2D eigenvalue weighted by Gasteiger charge is -2.36. The number of amides is 4. The van der Waals surface area contributed by atoms with E-state index < -0.39 is 51.9 Å². The molecule has 2 atom stereocenters. The predicted molar refractivity (Wildman–Crippen MR) is 181 cm³/mol. The Morgan fingerprint density at radius 1 is 1.00 bits per heavy atom. The molecule has 4 heterocycles. The summed E-state index contributed by atoms with van der Waals surface area (Å²) >= 11 is 0. The first-order valence-corrected chi connectivity index (χ1v) is 17.6. The second-order valence-corrected chi connectivity index (χ2v) is 14.6. The van der Waals surface area contributed by atoms with E-state index in [9.17, 15) is 37.5 Å². The number of nitrogens with one attached hydrogen (secondary N) is 3. The van der Waals surface area contributed by atoms with Gasteiger partial charge in [0, 0.05) is 49.2 Å². The van der Waals surface area contributed by atoms with Crippen LogP contribution in [-0.2, 0) is 36.4 Å². The summed E-state index contributed by atoms with van der Waals surface area (Å²) in [6, 6.07) is 10.4. The van der Waals surface area contributed by atoms with Crippen LogP contribution in [0.5, 0.6) is 5.75 Å². The summed E-state index contributed by atoms with van der Waals surface area (Å²) in [4.78, 5) is 64.5. The summed E-state index contributed by atoms with van der Waals surface area (Å²) in [5.41, 5.74) is 1.57. The number of imidazole rings is 1. The fourth-order valence-electron chi connectivity index (χ4n) is 7.20. The fraction of sp³-hybridized carbons (Fsp3) is 0.364. The zero-order chi connectivity index (χ0) is 35.6. The summed E-state index contributed by atoms with van der Waals surface area (Å²) in [6.45, 7) is 2.51. The number of aryl methyl sites for hydroxylation is 1. The number of fused-ring (bicyclic) bond motifs is 2. The molecule has 17 heteroatoms. The van der Waals surface area contributed by atoms with Crippen LogP contribution in [0.2, 0.25) is 0 Å². The number of phenols is 1. The van der Waals surface area contributed by atoms with Gasteiger partial charge in [-0.15, -0.1) is 0 Å². The Hall–Kier alpha value is -5.45. The molecular weight excluding hydrogens is 673 g/mol. The van der Waals surface area contributed by atoms with Crippen LogP contribution in [0.15, 0.2) is 47.3 Å². The maximum Gasteiger partial charge on any atom is 0.329 e. The molecule has 4 aromatic rings. The molecule has 3 fully saturated rings. The zero-order valence-corrected chi connectivity index (χ0v) is 27.9. The smallest absolute Gasteiger partial charge is 0.329 e. The van der Waals surface area contributed by atoms with Gasteiger partial charge in [-0.1, -0.05) is 6.92 Å². The van der Waals surface area contributed by atoms with Crippen molar-refractivity contribution in [1.29, 1.82) is 0 Å². The monoisotopic (exact) mass is 707 g/mol. The van der Waals surface area contributed by atoms with Gasteiger partial charge in [-0.05, 0) is 73.0 Å². The Bertz CT molecular complexity index is 2290. The molecule has 3 aliphatic rings. The van der Waals surface area contributed by atoms with E-state index >= 15 is 4.39 Å². The molecule has 50 heavy (non-hydrogen) atoms. The molecular formula is C33H34FN7O8S. The molecule has 4 N–H and O–H groups in total. The summed E-state index contributed by atoms with van der Waals surface area (Å²) in [7, 11) is -2.70. The van der Waals surface area contributed by atoms with Gasteiger partial charge in [-0.25, -0.2) is 18.2 Å². The predicted octanol–water partition coefficient (Wildman–Crippen LogP) is 1.99. The Kier molecular flexibility index (Phi) is 8.04. The van der Waals surface area contributed by atoms with E-state index in [2.05, 4.69) is 15.5 Å². The minimum atomic E-state index is -4.35. The minimum absolute atomic E-state index is 0.00318. The molecule has 7 rings (SSSR count). The number of phenolic OH excluding ortho intramolecular Hbond substituents is 1. The van der Waals surface area contributed by atoms with Crippen LogP contribution in [0.1, 0.15) is 38.6 Å². The average molecular weight is 708 g/mol. The van der Waals surface area contributed by atoms with Crippen molar-refractivity contribution in [3.63, 3.8) is 0 Å². The fourth-order valence-corrected chi connectivity index (χ4v) is 8.37. The van der Waals surface area contributed by atoms with E-state index in [1.807, 2.05) is 25.1 Å². The Morgan fingerprint density at radius 3 is 2.42 bits per heavy atom. The highest BCUT2D eigenvalue weighted by atomic mass is 32.2. The van der Waals surface area contributed by atoms with Crippen LogP contribution < -0.4 is 30.3 Å². The molecule has 2 unspecified atom stereocenters. The first-order chi connectivity index (χ1) is 23.7. The third kappa shape index (κ3) is 5.60. The van der Waals surface area contributed by atoms with Crippen molar-refractivity contribution in [3.8, 4) is 5.75 Å². The number of hydrogen-bond acceptors (Lipinski definition) is 9. The Labute approximate surface area is 284 Å². The van der Waals surface area contributed by atoms with Gasteiger partial charge in [-0.2, -0.15) is 8.42 Å². The van der Waals surface area contributed by atoms with Crippen molar-refractivity contribution in [2.24, 2.45) is 18.9 Å². The molecule has 0 radical (unpaired) electrons. The quantitative estimate of drug-likeness (QED) is 0.217. The number of carbonyl (C=O) groups is 4. The van der Waals surface area contributed by atoms with Crippen LogP contribution in [0.4, 0.5) is 21.5 Å². The van der Waals surface area contributed by atoms with Gasteiger partial charge in [0.05, 0.1) is 11.0 Å². The van der Waals surface area contributed by atoms with Crippen molar-refractivity contribution in [1.82, 2.24) is 19.2 Å². The van der Waals surface area contributed by atoms with Crippen molar-refractivity contribution >= 4 is 72.7 Å². The first-order valence-electron chi connectivity index (χ1n) is 16.1. The molecule has 0 bridgehead atoms. The second kappa shape index (κ2) is 12.2. The highest BCUT2D eigenvalue weighted by Crippen LogP contribution is 2.39. The van der Waals surface area contributed by atoms with Crippen molar-refractivity contribution in [2.75, 3.05) is 34.2 Å². The number of aromatic nitrogens is 2. The van der Waals surface area contributed by atoms with E-state index in [0.29, 0.717) is 34.1 Å². The van der Waals surface area contributed by atoms with Crippen molar-refractivity contribution < 1.29 is 37.1 Å². The SMILES string of the molecule is CC(C(=O)Nc1ccc2c(F)c(N3CC(=O)NS3(=O)=O)c(O)cc2c1)C1CCN(c2ccc3c(c2)n(C)c(=O)n3C2CCC(=O)NC2=O)CC1. The van der Waals surface area contributed by atoms with Crippen molar-refractivity contribution in [2.45, 2.75) is 38.6 Å². The number of nitrogens with zero attached hydrogens (tertiary/aromatic N) is 4. The number of piperidine rings is 2. The topological polar surface area (TPSA) is 192 Å². The van der Waals surface area contributed by atoms with E-state index in [4.69, 9.17) is 0 Å². The van der Waals surface area contributed by atoms with Crippen LogP contribution in [-0.4, -0.2) is 65.9 Å². The molecule has 3 aliphatic heterocycles. The molecule has 262 valence electrons. The Morgan fingerprint density at radius 2 is 1.74 bits per heavy atom. The number of aromatic hydroxyl groups is 1. The van der Waals surface area contributed by atoms with Gasteiger partial charge in [0.15, 0.2) is 5.82 Å². The second-order valence-electron chi connectivity index (χ2n) is 13.0. The van der Waals surface area contributed by atoms with Gasteiger partial charge in [0.2, 0.25) is 17.7 Å². The third-order valence-electron chi connectivity index (χ3n) is 9.99. The van der Waals surface area contributed by atoms with Gasteiger partial charge in [0.25, 0.3) is 5.91 Å². The van der Waals surface area contributed by atoms with Gasteiger partial charge in [-0.3, -0.25) is 33.6 Å². The molecule has 0 spiro atoms. The number of anilines is 3. The summed E-state index contributed by atoms with van der Waals surface area (Å²) in [5, 5.41) is 15.9. The van der Waals surface area contributed by atoms with Gasteiger partial charge >= 0.3 is 15.9 Å². The van der Waals surface area contributed by atoms with Crippen LogP contribution in [0.25, 0.3) is 21.8 Å². The number of imide groups is 1. The van der Waals surface area contributed by atoms with Crippen LogP contribution >= 0.6 is 0 Å². The lowest BCUT2D eigenvalue weighted by molar-refractivity contribution is -0.135. The molecule has 4 amide bonds. The normalized spacial score (nSPS) is 20.3. The Balaban J connectivity index is 1.02. The highest BCUT2D eigenvalue weighted by Gasteiger charge is 2.38. The summed E-state index contributed by atoms with van der Waals surface area (Å²) < 4.78 is 45.1. The third-order valence-corrected chi connectivity index (χ3v) is 11.4. The molecule has 3 saturated heterocycles. The number of halogens is 1. The van der Waals surface area contributed by atoms with Crippen LogP contribution in [0.3, 0.4) is 0 Å². The van der Waals surface area contributed by atoms with Crippen LogP contribution in [0, 0.1) is 17.7 Å². The lowest BCUT2D eigenvalue weighted by Crippen LogP contribution is -2.44.